The molecule has 8 heteroatoms. The number of benzene rings is 2. The minimum atomic E-state index is 0.167. The van der Waals surface area contributed by atoms with E-state index in [9.17, 15) is 0 Å². The zero-order valence-electron chi connectivity index (χ0n) is 19.3. The van der Waals surface area contributed by atoms with Crippen LogP contribution in [0.1, 0.15) is 0 Å². The fourth-order valence-electron chi connectivity index (χ4n) is 4.64. The first-order valence-electron chi connectivity index (χ1n) is 11.7. The first kappa shape index (κ1) is 22.3. The van der Waals surface area contributed by atoms with Gasteiger partial charge in [-0.25, -0.2) is 0 Å². The molecule has 176 valence electrons. The molecule has 3 aromatic rings. The smallest absolute Gasteiger partial charge is 0.188 e. The molecule has 0 saturated carbocycles. The van der Waals surface area contributed by atoms with Crippen LogP contribution in [-0.2, 0) is 0 Å². The summed E-state index contributed by atoms with van der Waals surface area (Å²) in [7, 11) is 0. The molecule has 34 heavy (non-hydrogen) atoms. The number of nitrogens with zero attached hydrogens (tertiary/aromatic N) is 4. The van der Waals surface area contributed by atoms with E-state index in [1.165, 1.54) is 38.6 Å². The number of anilines is 2. The number of piperazine rings is 2. The largest absolute Gasteiger partial charge is 0.370 e. The number of nitrogens with two attached hydrogens (primary N) is 1. The Labute approximate surface area is 205 Å². The second-order valence-corrected chi connectivity index (χ2v) is 9.85. The fraction of sp³-hybridized carbons (Fsp3) is 0.308. The van der Waals surface area contributed by atoms with Crippen molar-refractivity contribution in [3.05, 3.63) is 60.7 Å². The van der Waals surface area contributed by atoms with E-state index in [1.807, 2.05) is 16.2 Å². The lowest BCUT2D eigenvalue weighted by molar-refractivity contribution is 0.380. The van der Waals surface area contributed by atoms with E-state index >= 15 is 0 Å². The summed E-state index contributed by atoms with van der Waals surface area (Å²) in [6, 6.07) is 22.1. The number of hydrogen-bond donors (Lipinski definition) is 3. The average Bonchev–Trinajstić information content (AvgIpc) is 3.39. The quantitative estimate of drug-likeness (QED) is 0.387. The van der Waals surface area contributed by atoms with Crippen LogP contribution in [0.2, 0.25) is 0 Å². The number of nitrogens with one attached hydrogen (secondary N) is 2. The number of guanidine groups is 1. The summed E-state index contributed by atoms with van der Waals surface area (Å²) < 4.78 is 0. The van der Waals surface area contributed by atoms with E-state index in [0.29, 0.717) is 0 Å². The SMILES string of the molecule is N=CN1CCN(c2ccc(-c3ccc(-c4ccc(N5CCN(C(=N)N)CC5)cc4)s3)cc2)CC1. The van der Waals surface area contributed by atoms with Crippen LogP contribution in [0.15, 0.2) is 60.7 Å². The summed E-state index contributed by atoms with van der Waals surface area (Å²) in [6.07, 6.45) is 1.44. The fourth-order valence-corrected chi connectivity index (χ4v) is 5.65. The highest BCUT2D eigenvalue weighted by molar-refractivity contribution is 7.18. The van der Waals surface area contributed by atoms with Crippen molar-refractivity contribution in [3.8, 4) is 20.9 Å². The Morgan fingerprint density at radius 1 is 0.676 bits per heavy atom. The van der Waals surface area contributed by atoms with E-state index < -0.39 is 0 Å². The Kier molecular flexibility index (Phi) is 6.40. The van der Waals surface area contributed by atoms with E-state index in [-0.39, 0.29) is 5.96 Å². The molecule has 2 aromatic carbocycles. The molecular formula is C26H31N7S. The topological polar surface area (TPSA) is 86.7 Å². The zero-order valence-corrected chi connectivity index (χ0v) is 20.1. The summed E-state index contributed by atoms with van der Waals surface area (Å²) in [6.45, 7) is 7.10. The lowest BCUT2D eigenvalue weighted by Gasteiger charge is -2.36. The van der Waals surface area contributed by atoms with Gasteiger partial charge >= 0.3 is 0 Å². The van der Waals surface area contributed by atoms with Gasteiger partial charge in [-0.15, -0.1) is 11.3 Å². The van der Waals surface area contributed by atoms with Gasteiger partial charge in [0.25, 0.3) is 0 Å². The third-order valence-electron chi connectivity index (χ3n) is 6.76. The van der Waals surface area contributed by atoms with Crippen LogP contribution in [-0.4, -0.2) is 74.5 Å². The maximum absolute atomic E-state index is 7.59. The third-order valence-corrected chi connectivity index (χ3v) is 7.94. The molecule has 0 radical (unpaired) electrons. The molecule has 3 heterocycles. The minimum Gasteiger partial charge on any atom is -0.370 e. The maximum Gasteiger partial charge on any atom is 0.188 e. The first-order valence-corrected chi connectivity index (χ1v) is 12.6. The van der Waals surface area contributed by atoms with Crippen LogP contribution in [0.25, 0.3) is 20.9 Å². The summed E-state index contributed by atoms with van der Waals surface area (Å²) in [5.41, 5.74) is 10.6. The molecule has 0 atom stereocenters. The van der Waals surface area contributed by atoms with Gasteiger partial charge < -0.3 is 25.3 Å². The van der Waals surface area contributed by atoms with E-state index in [4.69, 9.17) is 16.6 Å². The van der Waals surface area contributed by atoms with Crippen molar-refractivity contribution >= 4 is 35.0 Å². The molecule has 2 saturated heterocycles. The second kappa shape index (κ2) is 9.77. The van der Waals surface area contributed by atoms with Crippen LogP contribution in [0.3, 0.4) is 0 Å². The molecule has 0 bridgehead atoms. The highest BCUT2D eigenvalue weighted by Crippen LogP contribution is 2.36. The summed E-state index contributed by atoms with van der Waals surface area (Å²) in [5, 5.41) is 15.0. The van der Waals surface area contributed by atoms with Crippen molar-refractivity contribution in [3.63, 3.8) is 0 Å². The van der Waals surface area contributed by atoms with Crippen LogP contribution in [0, 0.1) is 10.8 Å². The normalized spacial score (nSPS) is 16.6. The number of rotatable bonds is 5. The predicted octanol–water partition coefficient (Wildman–Crippen LogP) is 3.83. The minimum absolute atomic E-state index is 0.167. The van der Waals surface area contributed by atoms with E-state index in [1.54, 1.807) is 0 Å². The molecular weight excluding hydrogens is 442 g/mol. The molecule has 2 aliphatic rings. The van der Waals surface area contributed by atoms with Gasteiger partial charge in [0.2, 0.25) is 0 Å². The summed E-state index contributed by atoms with van der Waals surface area (Å²) in [4.78, 5) is 11.3. The molecule has 2 aliphatic heterocycles. The molecule has 0 amide bonds. The Morgan fingerprint density at radius 3 is 1.53 bits per heavy atom. The van der Waals surface area contributed by atoms with Crippen molar-refractivity contribution in [1.29, 1.82) is 10.8 Å². The van der Waals surface area contributed by atoms with E-state index in [0.717, 1.165) is 52.4 Å². The molecule has 0 aliphatic carbocycles. The lowest BCUT2D eigenvalue weighted by Crippen LogP contribution is -2.50. The van der Waals surface area contributed by atoms with Crippen LogP contribution < -0.4 is 15.5 Å². The zero-order chi connectivity index (χ0) is 23.5. The standard InChI is InChI=1S/C26H31N7S/c27-19-30-11-13-31(14-12-30)22-5-1-20(2-6-22)24-9-10-25(34-24)21-3-7-23(8-4-21)32-15-17-33(18-16-32)26(28)29/h1-10,19,27H,11-18H2,(H3,28,29). The number of hydrogen-bond acceptors (Lipinski definition) is 5. The summed E-state index contributed by atoms with van der Waals surface area (Å²) in [5.74, 6) is 0.167. The maximum atomic E-state index is 7.59. The van der Waals surface area contributed by atoms with Crippen molar-refractivity contribution < 1.29 is 0 Å². The molecule has 1 aromatic heterocycles. The molecule has 4 N–H and O–H groups in total. The second-order valence-electron chi connectivity index (χ2n) is 8.77. The van der Waals surface area contributed by atoms with Gasteiger partial charge in [0, 0.05) is 73.5 Å². The molecule has 7 nitrogen and oxygen atoms in total. The Bertz CT molecular complexity index is 1120. The average molecular weight is 474 g/mol. The van der Waals surface area contributed by atoms with Gasteiger partial charge in [0.05, 0.1) is 6.34 Å². The van der Waals surface area contributed by atoms with Crippen LogP contribution in [0.4, 0.5) is 11.4 Å². The van der Waals surface area contributed by atoms with Gasteiger partial charge in [0.1, 0.15) is 0 Å². The molecule has 0 spiro atoms. The van der Waals surface area contributed by atoms with Gasteiger partial charge in [-0.3, -0.25) is 10.8 Å². The first-order chi connectivity index (χ1) is 16.6. The van der Waals surface area contributed by atoms with E-state index in [2.05, 4.69) is 75.4 Å². The van der Waals surface area contributed by atoms with Crippen molar-refractivity contribution in [2.75, 3.05) is 62.2 Å². The van der Waals surface area contributed by atoms with Crippen molar-refractivity contribution in [2.24, 2.45) is 5.73 Å². The van der Waals surface area contributed by atoms with Gasteiger partial charge in [0.15, 0.2) is 5.96 Å². The van der Waals surface area contributed by atoms with Crippen molar-refractivity contribution in [2.45, 2.75) is 0 Å². The van der Waals surface area contributed by atoms with Gasteiger partial charge in [-0.2, -0.15) is 0 Å². The van der Waals surface area contributed by atoms with Gasteiger partial charge in [-0.1, -0.05) is 24.3 Å². The van der Waals surface area contributed by atoms with Crippen LogP contribution >= 0.6 is 11.3 Å². The summed E-state index contributed by atoms with van der Waals surface area (Å²) >= 11 is 1.83. The lowest BCUT2D eigenvalue weighted by atomic mass is 10.1. The monoisotopic (exact) mass is 473 g/mol. The highest BCUT2D eigenvalue weighted by Gasteiger charge is 2.18. The molecule has 2 fully saturated rings. The molecule has 5 rings (SSSR count). The molecule has 0 unspecified atom stereocenters. The Morgan fingerprint density at radius 2 is 1.12 bits per heavy atom. The van der Waals surface area contributed by atoms with Gasteiger partial charge in [-0.05, 0) is 47.5 Å². The predicted molar refractivity (Wildman–Crippen MR) is 143 cm³/mol. The van der Waals surface area contributed by atoms with Crippen LogP contribution in [0.5, 0.6) is 0 Å². The van der Waals surface area contributed by atoms with Crippen molar-refractivity contribution in [1.82, 2.24) is 9.80 Å². The Hall–Kier alpha value is -3.52. The highest BCUT2D eigenvalue weighted by atomic mass is 32.1. The Balaban J connectivity index is 1.23. The number of thiophene rings is 1. The third kappa shape index (κ3) is 4.72.